The number of rotatable bonds is 3. The van der Waals surface area contributed by atoms with E-state index in [9.17, 15) is 9.59 Å². The van der Waals surface area contributed by atoms with Gasteiger partial charge in [-0.2, -0.15) is 0 Å². The summed E-state index contributed by atoms with van der Waals surface area (Å²) < 4.78 is 11.6. The summed E-state index contributed by atoms with van der Waals surface area (Å²) >= 11 is 6.28. The number of fused-ring (bicyclic) bond motifs is 1. The van der Waals surface area contributed by atoms with Crippen LogP contribution in [0.15, 0.2) is 32.0 Å². The van der Waals surface area contributed by atoms with E-state index >= 15 is 0 Å². The largest absolute Gasteiger partial charge is 0.475 e. The Kier molecular flexibility index (Phi) is 3.76. The smallest absolute Gasteiger partial charge is 0.420 e. The van der Waals surface area contributed by atoms with Crippen molar-refractivity contribution in [1.29, 1.82) is 0 Å². The highest BCUT2D eigenvalue weighted by Crippen LogP contribution is 2.33. The number of hydrogen-bond donors (Lipinski definition) is 1. The third-order valence-electron chi connectivity index (χ3n) is 3.62. The molecule has 3 rings (SSSR count). The number of hydrogen-bond acceptors (Lipinski definition) is 5. The fourth-order valence-electron chi connectivity index (χ4n) is 2.43. The van der Waals surface area contributed by atoms with Crippen molar-refractivity contribution in [3.8, 4) is 0 Å². The molecule has 7 nitrogen and oxygen atoms in total. The van der Waals surface area contributed by atoms with Crippen LogP contribution < -0.4 is 5.76 Å². The lowest BCUT2D eigenvalue weighted by molar-refractivity contribution is 0.0660. The maximum Gasteiger partial charge on any atom is 0.420 e. The summed E-state index contributed by atoms with van der Waals surface area (Å²) in [4.78, 5) is 26.9. The Bertz CT molecular complexity index is 990. The fraction of sp³-hybridized carbons (Fsp3) is 0.312. The van der Waals surface area contributed by atoms with Crippen LogP contribution in [-0.4, -0.2) is 20.6 Å². The van der Waals surface area contributed by atoms with Gasteiger partial charge in [-0.15, -0.1) is 0 Å². The minimum Gasteiger partial charge on any atom is -0.475 e. The lowest BCUT2D eigenvalue weighted by atomic mass is 9.87. The molecular weight excluding hydrogens is 336 g/mol. The highest BCUT2D eigenvalue weighted by atomic mass is 35.5. The molecule has 0 amide bonds. The molecule has 3 aromatic rings. The SMILES string of the molecule is CC(C)(C)c1cc2c(cc1Cl)oc(=O)n2Cc1ncc(C(=O)O)o1. The summed E-state index contributed by atoms with van der Waals surface area (Å²) in [6.07, 6.45) is 1.10. The molecule has 0 spiro atoms. The highest BCUT2D eigenvalue weighted by molar-refractivity contribution is 6.32. The van der Waals surface area contributed by atoms with Gasteiger partial charge < -0.3 is 13.9 Å². The first-order valence-electron chi connectivity index (χ1n) is 7.18. The van der Waals surface area contributed by atoms with Crippen LogP contribution >= 0.6 is 11.6 Å². The number of aromatic nitrogens is 2. The van der Waals surface area contributed by atoms with Gasteiger partial charge in [0.25, 0.3) is 0 Å². The third-order valence-corrected chi connectivity index (χ3v) is 3.94. The predicted molar refractivity (Wildman–Crippen MR) is 86.7 cm³/mol. The number of carbonyl (C=O) groups is 1. The van der Waals surface area contributed by atoms with Crippen molar-refractivity contribution in [3.63, 3.8) is 0 Å². The molecule has 0 bridgehead atoms. The molecule has 0 saturated heterocycles. The first kappa shape index (κ1) is 16.3. The molecule has 0 atom stereocenters. The average Bonchev–Trinajstić information content (AvgIpc) is 3.03. The van der Waals surface area contributed by atoms with E-state index in [0.29, 0.717) is 16.1 Å². The summed E-state index contributed by atoms with van der Waals surface area (Å²) in [5, 5.41) is 9.39. The molecule has 0 aliphatic rings. The molecule has 0 aliphatic heterocycles. The zero-order valence-corrected chi connectivity index (χ0v) is 14.0. The normalized spacial score (nSPS) is 12.0. The zero-order valence-electron chi connectivity index (χ0n) is 13.3. The minimum absolute atomic E-state index is 0.0374. The van der Waals surface area contributed by atoms with Gasteiger partial charge in [0.05, 0.1) is 11.7 Å². The maximum atomic E-state index is 12.1. The standard InChI is InChI=1S/C16H15ClN2O5/c1-16(2,3)8-4-10-11(5-9(8)17)24-15(22)19(10)7-13-18-6-12(23-13)14(20)21/h4-6H,7H2,1-3H3,(H,20,21). The van der Waals surface area contributed by atoms with Crippen LogP contribution in [0.25, 0.3) is 11.1 Å². The van der Waals surface area contributed by atoms with Crippen molar-refractivity contribution in [2.75, 3.05) is 0 Å². The lowest BCUT2D eigenvalue weighted by Gasteiger charge is -2.20. The number of aromatic carboxylic acids is 1. The second kappa shape index (κ2) is 5.52. The van der Waals surface area contributed by atoms with Gasteiger partial charge in [0.1, 0.15) is 6.54 Å². The van der Waals surface area contributed by atoms with Gasteiger partial charge in [-0.25, -0.2) is 14.6 Å². The van der Waals surface area contributed by atoms with E-state index in [1.165, 1.54) is 4.57 Å². The molecule has 2 aromatic heterocycles. The topological polar surface area (TPSA) is 98.5 Å². The Morgan fingerprint density at radius 3 is 2.62 bits per heavy atom. The van der Waals surface area contributed by atoms with Crippen LogP contribution in [0.3, 0.4) is 0 Å². The molecule has 0 aliphatic carbocycles. The van der Waals surface area contributed by atoms with E-state index < -0.39 is 11.7 Å². The molecule has 2 heterocycles. The number of benzene rings is 1. The predicted octanol–water partition coefficient (Wildman–Crippen LogP) is 3.28. The van der Waals surface area contributed by atoms with E-state index in [2.05, 4.69) is 4.98 Å². The average molecular weight is 351 g/mol. The number of carboxylic acid groups (broad SMARTS) is 1. The monoisotopic (exact) mass is 350 g/mol. The molecule has 24 heavy (non-hydrogen) atoms. The van der Waals surface area contributed by atoms with E-state index in [-0.39, 0.29) is 23.6 Å². The lowest BCUT2D eigenvalue weighted by Crippen LogP contribution is -2.16. The van der Waals surface area contributed by atoms with Crippen molar-refractivity contribution in [2.24, 2.45) is 0 Å². The molecule has 0 fully saturated rings. The van der Waals surface area contributed by atoms with Gasteiger partial charge in [-0.1, -0.05) is 32.4 Å². The third kappa shape index (κ3) is 2.82. The van der Waals surface area contributed by atoms with Crippen LogP contribution in [0.4, 0.5) is 0 Å². The van der Waals surface area contributed by atoms with Crippen molar-refractivity contribution in [3.05, 3.63) is 51.1 Å². The summed E-state index contributed by atoms with van der Waals surface area (Å²) in [6.45, 7) is 5.99. The molecule has 0 saturated carbocycles. The Labute approximate surface area is 141 Å². The number of oxazole rings is 2. The van der Waals surface area contributed by atoms with Crippen LogP contribution in [0.1, 0.15) is 42.8 Å². The van der Waals surface area contributed by atoms with Crippen LogP contribution in [0.5, 0.6) is 0 Å². The second-order valence-corrected chi connectivity index (χ2v) is 6.83. The first-order chi connectivity index (χ1) is 11.2. The highest BCUT2D eigenvalue weighted by Gasteiger charge is 2.22. The van der Waals surface area contributed by atoms with Crippen molar-refractivity contribution in [1.82, 2.24) is 9.55 Å². The van der Waals surface area contributed by atoms with E-state index in [0.717, 1.165) is 11.8 Å². The number of carboxylic acids is 1. The van der Waals surface area contributed by atoms with Crippen LogP contribution in [0, 0.1) is 0 Å². The van der Waals surface area contributed by atoms with E-state index in [4.69, 9.17) is 25.5 Å². The molecule has 0 unspecified atom stereocenters. The van der Waals surface area contributed by atoms with Crippen molar-refractivity contribution in [2.45, 2.75) is 32.7 Å². The summed E-state index contributed by atoms with van der Waals surface area (Å²) in [5.41, 5.74) is 1.54. The Hall–Kier alpha value is -2.54. The van der Waals surface area contributed by atoms with Crippen LogP contribution in [0.2, 0.25) is 5.02 Å². The second-order valence-electron chi connectivity index (χ2n) is 6.43. The summed E-state index contributed by atoms with van der Waals surface area (Å²) in [5.74, 6) is -2.00. The van der Waals surface area contributed by atoms with Gasteiger partial charge >= 0.3 is 11.7 Å². The Morgan fingerprint density at radius 2 is 2.04 bits per heavy atom. The molecule has 0 radical (unpaired) electrons. The Morgan fingerprint density at radius 1 is 1.33 bits per heavy atom. The van der Waals surface area contributed by atoms with Gasteiger partial charge in [-0.3, -0.25) is 4.57 Å². The molecule has 126 valence electrons. The molecule has 1 aromatic carbocycles. The van der Waals surface area contributed by atoms with Crippen molar-refractivity contribution < 1.29 is 18.7 Å². The fourth-order valence-corrected chi connectivity index (χ4v) is 2.86. The zero-order chi connectivity index (χ0) is 17.6. The van der Waals surface area contributed by atoms with Gasteiger partial charge in [0.15, 0.2) is 5.58 Å². The van der Waals surface area contributed by atoms with Crippen molar-refractivity contribution >= 4 is 28.7 Å². The van der Waals surface area contributed by atoms with E-state index in [1.54, 1.807) is 12.1 Å². The summed E-state index contributed by atoms with van der Waals surface area (Å²) in [7, 11) is 0. The molecule has 8 heteroatoms. The molecular formula is C16H15ClN2O5. The first-order valence-corrected chi connectivity index (χ1v) is 7.56. The number of nitrogens with zero attached hydrogens (tertiary/aromatic N) is 2. The minimum atomic E-state index is -1.22. The summed E-state index contributed by atoms with van der Waals surface area (Å²) in [6, 6.07) is 3.40. The number of halogens is 1. The van der Waals surface area contributed by atoms with Gasteiger partial charge in [0, 0.05) is 11.1 Å². The maximum absolute atomic E-state index is 12.1. The van der Waals surface area contributed by atoms with E-state index in [1.807, 2.05) is 20.8 Å². The Balaban J connectivity index is 2.11. The quantitative estimate of drug-likeness (QED) is 0.778. The van der Waals surface area contributed by atoms with Gasteiger partial charge in [-0.05, 0) is 17.0 Å². The molecule has 1 N–H and O–H groups in total. The van der Waals surface area contributed by atoms with Gasteiger partial charge in [0.2, 0.25) is 11.7 Å². The van der Waals surface area contributed by atoms with Crippen LogP contribution in [-0.2, 0) is 12.0 Å².